The summed E-state index contributed by atoms with van der Waals surface area (Å²) in [4.78, 5) is 26.9. The van der Waals surface area contributed by atoms with Crippen molar-refractivity contribution in [3.05, 3.63) is 36.7 Å². The monoisotopic (exact) mass is 245 g/mol. The maximum Gasteiger partial charge on any atom is 0.228 e. The Labute approximate surface area is 105 Å². The molecule has 1 aliphatic carbocycles. The first kappa shape index (κ1) is 12.3. The van der Waals surface area contributed by atoms with Gasteiger partial charge in [-0.05, 0) is 25.0 Å². The number of rotatable bonds is 3. The third-order valence-corrected chi connectivity index (χ3v) is 3.00. The SMILES string of the molecule is O=C([O-])[C@H]1CC=CC[C@H]1C(=O)Nc1cccnc1. The van der Waals surface area contributed by atoms with Gasteiger partial charge in [-0.25, -0.2) is 0 Å². The molecule has 5 heteroatoms. The third kappa shape index (κ3) is 2.74. The molecule has 1 N–H and O–H groups in total. The van der Waals surface area contributed by atoms with E-state index in [9.17, 15) is 14.7 Å². The summed E-state index contributed by atoms with van der Waals surface area (Å²) in [6.45, 7) is 0. The van der Waals surface area contributed by atoms with Crippen LogP contribution >= 0.6 is 0 Å². The first-order chi connectivity index (χ1) is 8.68. The van der Waals surface area contributed by atoms with E-state index in [2.05, 4.69) is 10.3 Å². The summed E-state index contributed by atoms with van der Waals surface area (Å²) in [5.74, 6) is -2.82. The number of nitrogens with zero attached hydrogens (tertiary/aromatic N) is 1. The van der Waals surface area contributed by atoms with Crippen LogP contribution in [0.2, 0.25) is 0 Å². The molecule has 5 nitrogen and oxygen atoms in total. The Morgan fingerprint density at radius 3 is 2.61 bits per heavy atom. The molecule has 1 aliphatic rings. The number of pyridine rings is 1. The van der Waals surface area contributed by atoms with Crippen molar-refractivity contribution in [2.45, 2.75) is 12.8 Å². The summed E-state index contributed by atoms with van der Waals surface area (Å²) in [7, 11) is 0. The van der Waals surface area contributed by atoms with Crippen LogP contribution in [0, 0.1) is 11.8 Å². The summed E-state index contributed by atoms with van der Waals surface area (Å²) < 4.78 is 0. The molecule has 1 amide bonds. The lowest BCUT2D eigenvalue weighted by Gasteiger charge is -2.28. The zero-order chi connectivity index (χ0) is 13.0. The normalized spacial score (nSPS) is 22.4. The molecule has 1 heterocycles. The number of hydrogen-bond donors (Lipinski definition) is 1. The number of carboxylic acid groups (broad SMARTS) is 1. The molecule has 2 rings (SSSR count). The van der Waals surface area contributed by atoms with Crippen molar-refractivity contribution >= 4 is 17.6 Å². The highest BCUT2D eigenvalue weighted by Crippen LogP contribution is 2.26. The van der Waals surface area contributed by atoms with Gasteiger partial charge in [-0.3, -0.25) is 9.78 Å². The number of aromatic nitrogens is 1. The lowest BCUT2D eigenvalue weighted by Crippen LogP contribution is -2.41. The minimum atomic E-state index is -1.18. The van der Waals surface area contributed by atoms with Crippen LogP contribution in [0.25, 0.3) is 0 Å². The topological polar surface area (TPSA) is 82.1 Å². The fourth-order valence-corrected chi connectivity index (χ4v) is 2.04. The van der Waals surface area contributed by atoms with E-state index in [1.807, 2.05) is 6.08 Å². The Balaban J connectivity index is 2.08. The summed E-state index contributed by atoms with van der Waals surface area (Å²) in [6, 6.07) is 3.41. The van der Waals surface area contributed by atoms with Gasteiger partial charge in [0.05, 0.1) is 17.8 Å². The molecule has 0 saturated carbocycles. The smallest absolute Gasteiger partial charge is 0.228 e. The summed E-state index contributed by atoms with van der Waals surface area (Å²) >= 11 is 0. The Bertz CT molecular complexity index is 470. The van der Waals surface area contributed by atoms with E-state index in [-0.39, 0.29) is 5.91 Å². The van der Waals surface area contributed by atoms with Crippen molar-refractivity contribution in [1.82, 2.24) is 4.98 Å². The van der Waals surface area contributed by atoms with Crippen molar-refractivity contribution in [2.75, 3.05) is 5.32 Å². The van der Waals surface area contributed by atoms with E-state index in [0.717, 1.165) is 0 Å². The first-order valence-electron chi connectivity index (χ1n) is 5.75. The van der Waals surface area contributed by atoms with Crippen LogP contribution in [0.3, 0.4) is 0 Å². The Morgan fingerprint density at radius 1 is 1.28 bits per heavy atom. The van der Waals surface area contributed by atoms with Gasteiger partial charge < -0.3 is 15.2 Å². The van der Waals surface area contributed by atoms with Crippen LogP contribution in [-0.4, -0.2) is 16.9 Å². The van der Waals surface area contributed by atoms with Gasteiger partial charge in [0.15, 0.2) is 0 Å². The van der Waals surface area contributed by atoms with Gasteiger partial charge in [-0.1, -0.05) is 12.2 Å². The van der Waals surface area contributed by atoms with E-state index >= 15 is 0 Å². The zero-order valence-electron chi connectivity index (χ0n) is 9.70. The second-order valence-electron chi connectivity index (χ2n) is 4.21. The van der Waals surface area contributed by atoms with Crippen molar-refractivity contribution in [1.29, 1.82) is 0 Å². The second-order valence-corrected chi connectivity index (χ2v) is 4.21. The number of carboxylic acids is 1. The molecular weight excluding hydrogens is 232 g/mol. The molecule has 0 unspecified atom stereocenters. The molecular formula is C13H13N2O3-. The molecule has 2 atom stereocenters. The number of carbonyl (C=O) groups is 2. The number of anilines is 1. The van der Waals surface area contributed by atoms with Gasteiger partial charge in [0, 0.05) is 18.1 Å². The quantitative estimate of drug-likeness (QED) is 0.779. The highest BCUT2D eigenvalue weighted by molar-refractivity contribution is 5.95. The molecule has 0 spiro atoms. The molecule has 0 aliphatic heterocycles. The standard InChI is InChI=1S/C13H14N2O3/c16-12(15-9-4-3-7-14-8-9)10-5-1-2-6-11(10)13(17)18/h1-4,7-8,10-11H,5-6H2,(H,15,16)(H,17,18)/p-1/t10-,11+/m1/s1. The first-order valence-corrected chi connectivity index (χ1v) is 5.75. The lowest BCUT2D eigenvalue weighted by atomic mass is 9.82. The summed E-state index contributed by atoms with van der Waals surface area (Å²) in [6.07, 6.45) is 7.48. The Kier molecular flexibility index (Phi) is 3.72. The van der Waals surface area contributed by atoms with Crippen LogP contribution in [0.5, 0.6) is 0 Å². The van der Waals surface area contributed by atoms with Gasteiger partial charge in [0.25, 0.3) is 0 Å². The van der Waals surface area contributed by atoms with E-state index in [4.69, 9.17) is 0 Å². The number of amides is 1. The molecule has 0 bridgehead atoms. The number of allylic oxidation sites excluding steroid dienone is 2. The predicted molar refractivity (Wildman–Crippen MR) is 63.2 cm³/mol. The van der Waals surface area contributed by atoms with Crippen LogP contribution in [-0.2, 0) is 9.59 Å². The number of nitrogens with one attached hydrogen (secondary N) is 1. The molecule has 1 aromatic heterocycles. The Morgan fingerprint density at radius 2 is 2.00 bits per heavy atom. The van der Waals surface area contributed by atoms with E-state index in [1.165, 1.54) is 6.20 Å². The van der Waals surface area contributed by atoms with Gasteiger partial charge in [0.2, 0.25) is 5.91 Å². The van der Waals surface area contributed by atoms with E-state index < -0.39 is 17.8 Å². The number of aliphatic carboxylic acids is 1. The second kappa shape index (κ2) is 5.44. The minimum absolute atomic E-state index is 0.304. The van der Waals surface area contributed by atoms with Crippen LogP contribution < -0.4 is 10.4 Å². The molecule has 0 fully saturated rings. The fourth-order valence-electron chi connectivity index (χ4n) is 2.04. The lowest BCUT2D eigenvalue weighted by molar-refractivity contribution is -0.313. The fraction of sp³-hybridized carbons (Fsp3) is 0.308. The van der Waals surface area contributed by atoms with Gasteiger partial charge in [-0.2, -0.15) is 0 Å². The van der Waals surface area contributed by atoms with Crippen molar-refractivity contribution in [3.8, 4) is 0 Å². The number of hydrogen-bond acceptors (Lipinski definition) is 4. The summed E-state index contributed by atoms with van der Waals surface area (Å²) in [5.41, 5.74) is 0.564. The van der Waals surface area contributed by atoms with Gasteiger partial charge >= 0.3 is 0 Å². The predicted octanol–water partition coefficient (Wildman–Crippen LogP) is 0.352. The number of carbonyl (C=O) groups excluding carboxylic acids is 2. The third-order valence-electron chi connectivity index (χ3n) is 3.00. The van der Waals surface area contributed by atoms with Crippen LogP contribution in [0.15, 0.2) is 36.7 Å². The minimum Gasteiger partial charge on any atom is -0.550 e. The Hall–Kier alpha value is -2.17. The molecule has 0 aromatic carbocycles. The molecule has 94 valence electrons. The van der Waals surface area contributed by atoms with Gasteiger partial charge in [0.1, 0.15) is 0 Å². The largest absolute Gasteiger partial charge is 0.550 e. The highest BCUT2D eigenvalue weighted by Gasteiger charge is 2.29. The molecule has 0 saturated heterocycles. The van der Waals surface area contributed by atoms with Gasteiger partial charge in [-0.15, -0.1) is 0 Å². The molecule has 0 radical (unpaired) electrons. The molecule has 1 aromatic rings. The van der Waals surface area contributed by atoms with Crippen LogP contribution in [0.4, 0.5) is 5.69 Å². The summed E-state index contributed by atoms with van der Waals surface area (Å²) in [5, 5.41) is 13.7. The van der Waals surface area contributed by atoms with Crippen molar-refractivity contribution in [2.24, 2.45) is 11.8 Å². The zero-order valence-corrected chi connectivity index (χ0v) is 9.70. The van der Waals surface area contributed by atoms with E-state index in [1.54, 1.807) is 24.4 Å². The maximum atomic E-state index is 12.0. The average Bonchev–Trinajstić information content (AvgIpc) is 2.40. The van der Waals surface area contributed by atoms with Crippen molar-refractivity contribution < 1.29 is 14.7 Å². The van der Waals surface area contributed by atoms with E-state index in [0.29, 0.717) is 18.5 Å². The molecule has 18 heavy (non-hydrogen) atoms. The average molecular weight is 245 g/mol. The highest BCUT2D eigenvalue weighted by atomic mass is 16.4. The van der Waals surface area contributed by atoms with Crippen LogP contribution in [0.1, 0.15) is 12.8 Å². The maximum absolute atomic E-state index is 12.0. The van der Waals surface area contributed by atoms with Crippen molar-refractivity contribution in [3.63, 3.8) is 0 Å².